The number of thioether (sulfide) groups is 2. The molecule has 3 N–H and O–H groups in total. The Morgan fingerprint density at radius 2 is 2.41 bits per heavy atom. The average Bonchev–Trinajstić information content (AvgIpc) is 2.91. The van der Waals surface area contributed by atoms with E-state index in [1.54, 1.807) is 17.2 Å². The summed E-state index contributed by atoms with van der Waals surface area (Å²) < 4.78 is 0. The molecule has 0 bridgehead atoms. The third-order valence-electron chi connectivity index (χ3n) is 2.00. The van der Waals surface area contributed by atoms with Gasteiger partial charge in [-0.3, -0.25) is 4.99 Å². The first-order valence-corrected chi connectivity index (χ1v) is 7.15. The molecule has 1 aliphatic heterocycles. The van der Waals surface area contributed by atoms with Gasteiger partial charge in [0.15, 0.2) is 0 Å². The number of hydrogen-bond acceptors (Lipinski definition) is 5. The number of nitrogens with two attached hydrogens (primary N) is 1. The minimum Gasteiger partial charge on any atom is -0.398 e. The summed E-state index contributed by atoms with van der Waals surface area (Å²) in [6, 6.07) is 5.84. The quantitative estimate of drug-likeness (QED) is 0.651. The van der Waals surface area contributed by atoms with Crippen molar-refractivity contribution in [2.24, 2.45) is 4.99 Å². The lowest BCUT2D eigenvalue weighted by atomic mass is 10.3. The van der Waals surface area contributed by atoms with Gasteiger partial charge in [0.05, 0.1) is 5.55 Å². The van der Waals surface area contributed by atoms with Gasteiger partial charge in [0.25, 0.3) is 0 Å². The van der Waals surface area contributed by atoms with Crippen LogP contribution in [0.5, 0.6) is 0 Å². The van der Waals surface area contributed by atoms with Crippen LogP contribution in [0.3, 0.4) is 0 Å². The lowest BCUT2D eigenvalue weighted by Crippen LogP contribution is -1.91. The van der Waals surface area contributed by atoms with Crippen LogP contribution in [0.15, 0.2) is 40.1 Å². The Bertz CT molecular complexity index is 385. The third kappa shape index (κ3) is 5.19. The topological polar surface area (TPSA) is 50.4 Å². The Kier molecular flexibility index (Phi) is 6.65. The van der Waals surface area contributed by atoms with E-state index in [0.717, 1.165) is 22.8 Å². The summed E-state index contributed by atoms with van der Waals surface area (Å²) in [6.07, 6.45) is 0. The molecule has 5 heteroatoms. The van der Waals surface area contributed by atoms with Crippen molar-refractivity contribution >= 4 is 40.4 Å². The summed E-state index contributed by atoms with van der Waals surface area (Å²) in [4.78, 5) is 4.96. The summed E-state index contributed by atoms with van der Waals surface area (Å²) in [7, 11) is 1.88. The molecule has 1 aromatic rings. The first-order chi connectivity index (χ1) is 8.27. The van der Waals surface area contributed by atoms with Crippen LogP contribution >= 0.6 is 23.5 Å². The van der Waals surface area contributed by atoms with Gasteiger partial charge in [0.2, 0.25) is 0 Å². The van der Waals surface area contributed by atoms with Gasteiger partial charge >= 0.3 is 0 Å². The van der Waals surface area contributed by atoms with Crippen molar-refractivity contribution in [3.8, 4) is 0 Å². The molecule has 0 saturated heterocycles. The number of hydrogen-bond donors (Lipinski definition) is 2. The zero-order chi connectivity index (χ0) is 12.5. The highest BCUT2D eigenvalue weighted by Crippen LogP contribution is 2.28. The summed E-state index contributed by atoms with van der Waals surface area (Å²) in [5.74, 6) is 1.19. The average molecular weight is 267 g/mol. The van der Waals surface area contributed by atoms with Crippen LogP contribution in [0, 0.1) is 0 Å². The van der Waals surface area contributed by atoms with Gasteiger partial charge < -0.3 is 11.1 Å². The molecular formula is C12H17N3S2. The minimum absolute atomic E-state index is 0.791. The maximum Gasteiger partial charge on any atom is 0.0542 e. The Balaban J connectivity index is 0.000000239. The second-order valence-corrected chi connectivity index (χ2v) is 5.13. The molecule has 0 amide bonds. The molecule has 0 saturated carbocycles. The first kappa shape index (κ1) is 14.0. The fourth-order valence-electron chi connectivity index (χ4n) is 1.15. The van der Waals surface area contributed by atoms with E-state index in [-0.39, 0.29) is 0 Å². The molecule has 0 aliphatic carbocycles. The van der Waals surface area contributed by atoms with E-state index in [1.807, 2.05) is 30.8 Å². The number of aliphatic imine (C=N–C) groups is 1. The first-order valence-electron chi connectivity index (χ1n) is 5.22. The van der Waals surface area contributed by atoms with Crippen LogP contribution < -0.4 is 11.1 Å². The summed E-state index contributed by atoms with van der Waals surface area (Å²) in [6.45, 7) is 4.67. The molecule has 0 radical (unpaired) electrons. The maximum atomic E-state index is 5.73. The van der Waals surface area contributed by atoms with Gasteiger partial charge in [0, 0.05) is 35.6 Å². The fraction of sp³-hybridized carbons (Fsp3) is 0.250. The molecule has 0 atom stereocenters. The molecule has 1 aliphatic rings. The summed E-state index contributed by atoms with van der Waals surface area (Å²) >= 11 is 3.31. The second-order valence-electron chi connectivity index (χ2n) is 3.17. The number of benzene rings is 1. The molecule has 0 spiro atoms. The number of nitrogen functional groups attached to an aromatic ring is 1. The smallest absolute Gasteiger partial charge is 0.0542 e. The van der Waals surface area contributed by atoms with Crippen LogP contribution in [-0.2, 0) is 0 Å². The summed E-state index contributed by atoms with van der Waals surface area (Å²) in [5.41, 5.74) is 9.49. The number of anilines is 2. The van der Waals surface area contributed by atoms with Gasteiger partial charge in [-0.05, 0) is 23.6 Å². The highest BCUT2D eigenvalue weighted by molar-refractivity contribution is 8.12. The second kappa shape index (κ2) is 8.08. The highest BCUT2D eigenvalue weighted by Gasteiger charge is 1.98. The van der Waals surface area contributed by atoms with E-state index in [9.17, 15) is 0 Å². The number of nitrogens with one attached hydrogen (secondary N) is 1. The Morgan fingerprint density at radius 3 is 2.88 bits per heavy atom. The monoisotopic (exact) mass is 267 g/mol. The van der Waals surface area contributed by atoms with Crippen LogP contribution in [0.25, 0.3) is 0 Å². The van der Waals surface area contributed by atoms with Gasteiger partial charge in [-0.25, -0.2) is 0 Å². The van der Waals surface area contributed by atoms with Gasteiger partial charge in [-0.2, -0.15) is 0 Å². The zero-order valence-electron chi connectivity index (χ0n) is 9.85. The van der Waals surface area contributed by atoms with E-state index < -0.39 is 0 Å². The molecule has 1 heterocycles. The van der Waals surface area contributed by atoms with E-state index in [1.165, 1.54) is 17.5 Å². The van der Waals surface area contributed by atoms with Crippen molar-refractivity contribution in [2.45, 2.75) is 4.90 Å². The molecule has 3 nitrogen and oxygen atoms in total. The van der Waals surface area contributed by atoms with Crippen molar-refractivity contribution in [2.75, 3.05) is 30.4 Å². The van der Waals surface area contributed by atoms with E-state index in [0.29, 0.717) is 0 Å². The van der Waals surface area contributed by atoms with Crippen LogP contribution in [0.4, 0.5) is 11.4 Å². The zero-order valence-corrected chi connectivity index (χ0v) is 11.5. The maximum absolute atomic E-state index is 5.73. The third-order valence-corrected chi connectivity index (χ3v) is 3.49. The molecule has 0 aromatic heterocycles. The molecule has 0 fully saturated rings. The van der Waals surface area contributed by atoms with Crippen LogP contribution in [0.1, 0.15) is 0 Å². The lowest BCUT2D eigenvalue weighted by Gasteiger charge is -2.05. The summed E-state index contributed by atoms with van der Waals surface area (Å²) in [5, 5.41) is 4.82. The van der Waals surface area contributed by atoms with Crippen LogP contribution in [0.2, 0.25) is 0 Å². The van der Waals surface area contributed by atoms with E-state index in [2.05, 4.69) is 16.9 Å². The lowest BCUT2D eigenvalue weighted by molar-refractivity contribution is 1.18. The predicted molar refractivity (Wildman–Crippen MR) is 82.3 cm³/mol. The highest BCUT2D eigenvalue weighted by atomic mass is 32.2. The molecular weight excluding hydrogens is 250 g/mol. The van der Waals surface area contributed by atoms with Gasteiger partial charge in [-0.1, -0.05) is 18.3 Å². The molecule has 2 rings (SSSR count). The fourth-order valence-corrected chi connectivity index (χ4v) is 2.25. The molecule has 17 heavy (non-hydrogen) atoms. The normalized spacial score (nSPS) is 12.8. The SMILES string of the molecule is C1=NCCS1.C=CSc1cc(NC)ccc1N. The van der Waals surface area contributed by atoms with E-state index in [4.69, 9.17) is 5.73 Å². The standard InChI is InChI=1S/C9H12N2S.C3H5NS/c1-3-12-9-6-7(11-2)4-5-8(9)10;1-2-5-3-4-1/h3-6,11H,1,10H2,2H3;3H,1-2H2. The number of nitrogens with zero attached hydrogens (tertiary/aromatic N) is 1. The van der Waals surface area contributed by atoms with Gasteiger partial charge in [-0.15, -0.1) is 11.8 Å². The molecule has 92 valence electrons. The Morgan fingerprint density at radius 1 is 1.59 bits per heavy atom. The Hall–Kier alpha value is -1.07. The predicted octanol–water partition coefficient (Wildman–Crippen LogP) is 3.31. The van der Waals surface area contributed by atoms with Crippen molar-refractivity contribution in [3.63, 3.8) is 0 Å². The van der Waals surface area contributed by atoms with Gasteiger partial charge in [0.1, 0.15) is 0 Å². The molecule has 1 aromatic carbocycles. The largest absolute Gasteiger partial charge is 0.398 e. The number of rotatable bonds is 3. The Labute approximate surface area is 111 Å². The van der Waals surface area contributed by atoms with Crippen molar-refractivity contribution in [1.82, 2.24) is 0 Å². The molecule has 0 unspecified atom stereocenters. The minimum atomic E-state index is 0.791. The van der Waals surface area contributed by atoms with Crippen molar-refractivity contribution < 1.29 is 0 Å². The van der Waals surface area contributed by atoms with Crippen LogP contribution in [-0.4, -0.2) is 24.9 Å². The van der Waals surface area contributed by atoms with E-state index >= 15 is 0 Å². The van der Waals surface area contributed by atoms with Crippen molar-refractivity contribution in [1.29, 1.82) is 0 Å². The van der Waals surface area contributed by atoms with Crippen molar-refractivity contribution in [3.05, 3.63) is 30.2 Å².